The first-order chi connectivity index (χ1) is 20.2. The Morgan fingerprint density at radius 2 is 1.86 bits per heavy atom. The number of benzene rings is 1. The first kappa shape index (κ1) is 31.2. The van der Waals surface area contributed by atoms with Crippen LogP contribution in [0.25, 0.3) is 0 Å². The number of nitrogens with two attached hydrogens (primary N) is 1. The molecule has 0 bridgehead atoms. The maximum absolute atomic E-state index is 13.8. The third kappa shape index (κ3) is 7.47. The molecule has 4 fully saturated rings. The van der Waals surface area contributed by atoms with E-state index in [-0.39, 0.29) is 29.7 Å². The minimum Gasteiger partial charge on any atom is -0.379 e. The molecule has 0 spiro atoms. The number of hydrogen-bond acceptors (Lipinski definition) is 7. The van der Waals surface area contributed by atoms with Gasteiger partial charge in [0.15, 0.2) is 0 Å². The van der Waals surface area contributed by atoms with Crippen LogP contribution in [0.2, 0.25) is 0 Å². The second-order valence-corrected chi connectivity index (χ2v) is 13.6. The minimum absolute atomic E-state index is 0.0443. The number of morpholine rings is 1. The zero-order valence-electron chi connectivity index (χ0n) is 26.3. The van der Waals surface area contributed by atoms with Gasteiger partial charge in [-0.2, -0.15) is 0 Å². The summed E-state index contributed by atoms with van der Waals surface area (Å²) in [6.07, 6.45) is 7.38. The SMILES string of the molecule is Cc1c(C(=O)NCC2C(=O)NC(C)CC2C)cc(C2CCC(CN3CCOCC3)NC2)cc1N(C)[C@H]1CC[C@H](N)CC1. The molecule has 1 saturated carbocycles. The summed E-state index contributed by atoms with van der Waals surface area (Å²) in [6.45, 7) is 12.3. The van der Waals surface area contributed by atoms with E-state index in [1.54, 1.807) is 0 Å². The number of nitrogens with zero attached hydrogens (tertiary/aromatic N) is 2. The van der Waals surface area contributed by atoms with Crippen molar-refractivity contribution in [2.24, 2.45) is 17.6 Å². The Labute approximate surface area is 252 Å². The van der Waals surface area contributed by atoms with Gasteiger partial charge in [-0.05, 0) is 93.9 Å². The first-order valence-corrected chi connectivity index (χ1v) is 16.4. The van der Waals surface area contributed by atoms with E-state index in [4.69, 9.17) is 10.5 Å². The van der Waals surface area contributed by atoms with E-state index >= 15 is 0 Å². The van der Waals surface area contributed by atoms with Gasteiger partial charge in [0.2, 0.25) is 5.91 Å². The molecule has 0 aromatic heterocycles. The summed E-state index contributed by atoms with van der Waals surface area (Å²) in [5.74, 6) is 0.355. The molecule has 3 aliphatic heterocycles. The van der Waals surface area contributed by atoms with Crippen LogP contribution in [-0.2, 0) is 9.53 Å². The van der Waals surface area contributed by atoms with Gasteiger partial charge in [-0.25, -0.2) is 0 Å². The van der Waals surface area contributed by atoms with Gasteiger partial charge in [0.1, 0.15) is 0 Å². The molecule has 4 aliphatic rings. The van der Waals surface area contributed by atoms with Crippen molar-refractivity contribution < 1.29 is 14.3 Å². The molecule has 1 aliphatic carbocycles. The van der Waals surface area contributed by atoms with Crippen LogP contribution in [-0.4, -0.2) is 93.9 Å². The number of piperidine rings is 2. The number of hydrogen-bond donors (Lipinski definition) is 4. The summed E-state index contributed by atoms with van der Waals surface area (Å²) in [4.78, 5) is 31.4. The van der Waals surface area contributed by atoms with Crippen molar-refractivity contribution >= 4 is 17.5 Å². The van der Waals surface area contributed by atoms with Crippen molar-refractivity contribution in [1.82, 2.24) is 20.9 Å². The number of nitrogens with one attached hydrogen (secondary N) is 3. The Balaban J connectivity index is 1.32. The fourth-order valence-electron chi connectivity index (χ4n) is 7.68. The van der Waals surface area contributed by atoms with E-state index < -0.39 is 0 Å². The van der Waals surface area contributed by atoms with Gasteiger partial charge in [0.05, 0.1) is 19.1 Å². The van der Waals surface area contributed by atoms with Gasteiger partial charge in [-0.1, -0.05) is 6.92 Å². The number of rotatable bonds is 8. The molecule has 5 atom stereocenters. The number of carbonyl (C=O) groups excluding carboxylic acids is 2. The Morgan fingerprint density at radius 1 is 1.12 bits per heavy atom. The number of amides is 2. The van der Waals surface area contributed by atoms with Crippen molar-refractivity contribution in [3.8, 4) is 0 Å². The van der Waals surface area contributed by atoms with Crippen LogP contribution >= 0.6 is 0 Å². The maximum Gasteiger partial charge on any atom is 0.251 e. The van der Waals surface area contributed by atoms with Crippen LogP contribution in [0.4, 0.5) is 5.69 Å². The van der Waals surface area contributed by atoms with Crippen molar-refractivity contribution in [2.75, 3.05) is 57.9 Å². The molecule has 1 aromatic carbocycles. The predicted molar refractivity (Wildman–Crippen MR) is 168 cm³/mol. The topological polar surface area (TPSA) is 112 Å². The van der Waals surface area contributed by atoms with Gasteiger partial charge in [0.25, 0.3) is 5.91 Å². The van der Waals surface area contributed by atoms with Crippen LogP contribution in [0, 0.1) is 18.8 Å². The zero-order valence-corrected chi connectivity index (χ0v) is 26.3. The van der Waals surface area contributed by atoms with E-state index in [2.05, 4.69) is 58.8 Å². The van der Waals surface area contributed by atoms with Gasteiger partial charge in [-0.3, -0.25) is 14.5 Å². The average molecular weight is 583 g/mol. The molecule has 42 heavy (non-hydrogen) atoms. The van der Waals surface area contributed by atoms with Crippen LogP contribution in [0.1, 0.15) is 86.2 Å². The van der Waals surface area contributed by atoms with Gasteiger partial charge >= 0.3 is 0 Å². The second kappa shape index (κ2) is 14.1. The highest BCUT2D eigenvalue weighted by atomic mass is 16.5. The molecule has 234 valence electrons. The van der Waals surface area contributed by atoms with Crippen molar-refractivity contribution in [3.05, 3.63) is 28.8 Å². The third-order valence-electron chi connectivity index (χ3n) is 10.5. The van der Waals surface area contributed by atoms with Crippen LogP contribution in [0.15, 0.2) is 12.1 Å². The summed E-state index contributed by atoms with van der Waals surface area (Å²) in [7, 11) is 2.18. The second-order valence-electron chi connectivity index (χ2n) is 13.6. The standard InChI is InChI=1S/C33H54N6O3/c1-21-15-22(2)37-33(41)30(21)19-36-32(40)29-16-25(17-31(23(29)3)38(4)28-9-6-26(34)7-10-28)24-5-8-27(35-18-24)20-39-11-13-42-14-12-39/h16-17,21-22,24,26-28,30,35H,5-15,18-20,34H2,1-4H3,(H,36,40)(H,37,41)/t21?,22?,24?,26-,27?,28-,30?. The quantitative estimate of drug-likeness (QED) is 0.373. The van der Waals surface area contributed by atoms with E-state index in [1.807, 2.05) is 6.92 Å². The highest BCUT2D eigenvalue weighted by molar-refractivity contribution is 5.97. The van der Waals surface area contributed by atoms with E-state index in [0.717, 1.165) is 101 Å². The highest BCUT2D eigenvalue weighted by Gasteiger charge is 2.33. The maximum atomic E-state index is 13.8. The lowest BCUT2D eigenvalue weighted by molar-refractivity contribution is -0.129. The van der Waals surface area contributed by atoms with Gasteiger partial charge in [-0.15, -0.1) is 0 Å². The van der Waals surface area contributed by atoms with E-state index in [9.17, 15) is 9.59 Å². The lowest BCUT2D eigenvalue weighted by atomic mass is 9.84. The van der Waals surface area contributed by atoms with E-state index in [1.165, 1.54) is 5.56 Å². The van der Waals surface area contributed by atoms with Crippen molar-refractivity contribution in [3.63, 3.8) is 0 Å². The molecular weight excluding hydrogens is 528 g/mol. The number of anilines is 1. The Kier molecular flexibility index (Phi) is 10.5. The number of ether oxygens (including phenoxy) is 1. The van der Waals surface area contributed by atoms with Gasteiger partial charge in [0, 0.05) is 75.2 Å². The summed E-state index contributed by atoms with van der Waals surface area (Å²) in [5, 5.41) is 10.0. The van der Waals surface area contributed by atoms with Crippen molar-refractivity contribution in [1.29, 1.82) is 0 Å². The lowest BCUT2D eigenvalue weighted by Crippen LogP contribution is -2.50. The number of carbonyl (C=O) groups is 2. The Hall–Kier alpha value is -2.20. The first-order valence-electron chi connectivity index (χ1n) is 16.4. The molecule has 9 nitrogen and oxygen atoms in total. The summed E-state index contributed by atoms with van der Waals surface area (Å²) in [6, 6.07) is 5.86. The Morgan fingerprint density at radius 3 is 2.52 bits per heavy atom. The van der Waals surface area contributed by atoms with Crippen LogP contribution < -0.4 is 26.6 Å². The molecular formula is C33H54N6O3. The minimum atomic E-state index is -0.201. The molecule has 1 aromatic rings. The zero-order chi connectivity index (χ0) is 29.8. The van der Waals surface area contributed by atoms with Crippen LogP contribution in [0.3, 0.4) is 0 Å². The largest absolute Gasteiger partial charge is 0.379 e. The predicted octanol–water partition coefficient (Wildman–Crippen LogP) is 2.76. The fraction of sp³-hybridized carbons (Fsp3) is 0.758. The molecule has 5 rings (SSSR count). The molecule has 3 saturated heterocycles. The van der Waals surface area contributed by atoms with Crippen molar-refractivity contribution in [2.45, 2.75) is 95.8 Å². The molecule has 5 unspecified atom stereocenters. The molecule has 2 amide bonds. The van der Waals surface area contributed by atoms with Crippen LogP contribution in [0.5, 0.6) is 0 Å². The fourth-order valence-corrected chi connectivity index (χ4v) is 7.68. The summed E-state index contributed by atoms with van der Waals surface area (Å²) < 4.78 is 5.53. The molecule has 3 heterocycles. The molecule has 5 N–H and O–H groups in total. The highest BCUT2D eigenvalue weighted by Crippen LogP contribution is 2.35. The van der Waals surface area contributed by atoms with E-state index in [0.29, 0.717) is 30.6 Å². The lowest BCUT2D eigenvalue weighted by Gasteiger charge is -2.38. The Bertz CT molecular complexity index is 1080. The average Bonchev–Trinajstić information content (AvgIpc) is 2.97. The monoisotopic (exact) mass is 582 g/mol. The molecule has 0 radical (unpaired) electrons. The molecule has 9 heteroatoms. The van der Waals surface area contributed by atoms with Gasteiger partial charge < -0.3 is 31.3 Å². The third-order valence-corrected chi connectivity index (χ3v) is 10.5. The smallest absolute Gasteiger partial charge is 0.251 e. The normalized spacial score (nSPS) is 32.7. The summed E-state index contributed by atoms with van der Waals surface area (Å²) in [5.41, 5.74) is 10.3. The summed E-state index contributed by atoms with van der Waals surface area (Å²) >= 11 is 0.